The van der Waals surface area contributed by atoms with Crippen LogP contribution in [0.3, 0.4) is 0 Å². The van der Waals surface area contributed by atoms with Crippen LogP contribution < -0.4 is 15.4 Å². The third-order valence-corrected chi connectivity index (χ3v) is 4.30. The molecule has 2 N–H and O–H groups in total. The van der Waals surface area contributed by atoms with Crippen molar-refractivity contribution in [2.24, 2.45) is 0 Å². The lowest BCUT2D eigenvalue weighted by molar-refractivity contribution is -0.140. The van der Waals surface area contributed by atoms with E-state index in [1.807, 2.05) is 13.8 Å². The molecule has 0 spiro atoms. The summed E-state index contributed by atoms with van der Waals surface area (Å²) in [6.07, 6.45) is -4.56. The first-order chi connectivity index (χ1) is 14.0. The Hall–Kier alpha value is -2.88. The molecule has 0 radical (unpaired) electrons. The van der Waals surface area contributed by atoms with Crippen LogP contribution in [0.25, 0.3) is 11.0 Å². The zero-order valence-electron chi connectivity index (χ0n) is 16.5. The van der Waals surface area contributed by atoms with E-state index in [-0.39, 0.29) is 22.6 Å². The van der Waals surface area contributed by atoms with E-state index in [0.29, 0.717) is 22.6 Å². The number of imidazole rings is 1. The van der Waals surface area contributed by atoms with Crippen molar-refractivity contribution in [2.45, 2.75) is 39.6 Å². The number of hydrogen-bond donors (Lipinski definition) is 2. The number of nitrogens with zero attached hydrogens (tertiary/aromatic N) is 2. The monoisotopic (exact) mass is 440 g/mol. The Balaban J connectivity index is 1.90. The normalized spacial score (nSPS) is 11.7. The van der Waals surface area contributed by atoms with Gasteiger partial charge >= 0.3 is 6.18 Å². The fourth-order valence-corrected chi connectivity index (χ4v) is 3.23. The Bertz CT molecular complexity index is 1080. The number of hydrogen-bond acceptors (Lipinski definition) is 3. The summed E-state index contributed by atoms with van der Waals surface area (Å²) in [4.78, 5) is 4.20. The molecule has 0 amide bonds. The summed E-state index contributed by atoms with van der Waals surface area (Å²) in [5, 5.41) is 5.80. The molecule has 3 rings (SSSR count). The van der Waals surface area contributed by atoms with Gasteiger partial charge in [-0.25, -0.2) is 9.37 Å². The van der Waals surface area contributed by atoms with Crippen LogP contribution in [0.5, 0.6) is 5.75 Å². The van der Waals surface area contributed by atoms with Gasteiger partial charge in [0, 0.05) is 6.07 Å². The predicted octanol–water partition coefficient (Wildman–Crippen LogP) is 5.64. The Labute approximate surface area is 176 Å². The van der Waals surface area contributed by atoms with Gasteiger partial charge in [-0.05, 0) is 57.3 Å². The van der Waals surface area contributed by atoms with Crippen molar-refractivity contribution < 1.29 is 22.3 Å². The van der Waals surface area contributed by atoms with Gasteiger partial charge in [0.05, 0.1) is 28.5 Å². The fourth-order valence-electron chi connectivity index (χ4n) is 3.01. The van der Waals surface area contributed by atoms with Gasteiger partial charge in [0.1, 0.15) is 23.9 Å². The molecule has 3 aromatic rings. The van der Waals surface area contributed by atoms with E-state index in [1.165, 1.54) is 25.1 Å². The van der Waals surface area contributed by atoms with Gasteiger partial charge in [-0.1, -0.05) is 6.07 Å². The number of alkyl halides is 3. The minimum absolute atomic E-state index is 0.0686. The molecule has 5 nitrogen and oxygen atoms in total. The summed E-state index contributed by atoms with van der Waals surface area (Å²) in [6.45, 7) is 3.99. The molecule has 0 bridgehead atoms. The van der Waals surface area contributed by atoms with Gasteiger partial charge in [0.15, 0.2) is 5.11 Å². The number of aryl methyl sites for hydroxylation is 1. The highest BCUT2D eigenvalue weighted by atomic mass is 32.1. The second-order valence-electron chi connectivity index (χ2n) is 6.92. The number of para-hydroxylation sites is 1. The average Bonchev–Trinajstić information content (AvgIpc) is 2.92. The van der Waals surface area contributed by atoms with Gasteiger partial charge in [-0.15, -0.1) is 0 Å². The number of nitrogens with one attached hydrogen (secondary N) is 2. The maximum atomic E-state index is 13.7. The fraction of sp³-hybridized carbons (Fsp3) is 0.300. The second kappa shape index (κ2) is 8.47. The molecule has 10 heteroatoms. The first kappa shape index (κ1) is 21.8. The van der Waals surface area contributed by atoms with E-state index < -0.39 is 18.5 Å². The van der Waals surface area contributed by atoms with Crippen LogP contribution in [-0.2, 0) is 6.54 Å². The number of fused-ring (bicyclic) bond motifs is 1. The zero-order valence-corrected chi connectivity index (χ0v) is 17.3. The van der Waals surface area contributed by atoms with Crippen molar-refractivity contribution in [3.8, 4) is 5.75 Å². The van der Waals surface area contributed by atoms with Gasteiger partial charge < -0.3 is 19.9 Å². The molecule has 1 heterocycles. The van der Waals surface area contributed by atoms with E-state index in [4.69, 9.17) is 17.0 Å². The minimum Gasteiger partial charge on any atom is -0.489 e. The Kier molecular flexibility index (Phi) is 6.16. The lowest BCUT2D eigenvalue weighted by Crippen LogP contribution is -2.22. The summed E-state index contributed by atoms with van der Waals surface area (Å²) < 4.78 is 59.5. The average molecular weight is 440 g/mol. The zero-order chi connectivity index (χ0) is 22.1. The van der Waals surface area contributed by atoms with Gasteiger partial charge in [-0.3, -0.25) is 0 Å². The van der Waals surface area contributed by atoms with Crippen molar-refractivity contribution in [3.05, 3.63) is 48.0 Å². The molecule has 2 aromatic carbocycles. The van der Waals surface area contributed by atoms with Gasteiger partial charge in [0.2, 0.25) is 0 Å². The van der Waals surface area contributed by atoms with Crippen LogP contribution in [0.2, 0.25) is 0 Å². The van der Waals surface area contributed by atoms with Crippen molar-refractivity contribution in [1.29, 1.82) is 0 Å². The standard InChI is InChI=1S/C20H20F4N4OS/c1-11(2)29-17-8-7-13(21)9-16(17)27-19(30)26-15-6-4-5-14-18(15)28(12(3)25-14)10-20(22,23)24/h4-9,11H,10H2,1-3H3,(H2,26,27,30). The van der Waals surface area contributed by atoms with Crippen LogP contribution in [0.15, 0.2) is 36.4 Å². The minimum atomic E-state index is -4.41. The highest BCUT2D eigenvalue weighted by Crippen LogP contribution is 2.30. The first-order valence-electron chi connectivity index (χ1n) is 9.10. The van der Waals surface area contributed by atoms with Crippen LogP contribution in [0.4, 0.5) is 28.9 Å². The van der Waals surface area contributed by atoms with E-state index in [2.05, 4.69) is 15.6 Å². The SMILES string of the molecule is Cc1nc2cccc(NC(=S)Nc3cc(F)ccc3OC(C)C)c2n1CC(F)(F)F. The molecule has 0 aliphatic rings. The summed E-state index contributed by atoms with van der Waals surface area (Å²) in [5.74, 6) is 0.136. The largest absolute Gasteiger partial charge is 0.489 e. The van der Waals surface area contributed by atoms with Crippen LogP contribution >= 0.6 is 12.2 Å². The third-order valence-electron chi connectivity index (χ3n) is 4.10. The maximum Gasteiger partial charge on any atom is 0.406 e. The summed E-state index contributed by atoms with van der Waals surface area (Å²) in [5.41, 5.74) is 1.32. The van der Waals surface area contributed by atoms with E-state index >= 15 is 0 Å². The number of halogens is 4. The number of thiocarbonyl (C=S) groups is 1. The molecule has 30 heavy (non-hydrogen) atoms. The van der Waals surface area contributed by atoms with Crippen LogP contribution in [0, 0.1) is 12.7 Å². The quantitative estimate of drug-likeness (QED) is 0.397. The second-order valence-corrected chi connectivity index (χ2v) is 7.33. The van der Waals surface area contributed by atoms with Gasteiger partial charge in [0.25, 0.3) is 0 Å². The van der Waals surface area contributed by atoms with E-state index in [0.717, 1.165) is 4.57 Å². The van der Waals surface area contributed by atoms with Crippen molar-refractivity contribution >= 4 is 39.7 Å². The van der Waals surface area contributed by atoms with Crippen LogP contribution in [-0.4, -0.2) is 26.9 Å². The first-order valence-corrected chi connectivity index (χ1v) is 9.51. The molecule has 0 saturated carbocycles. The number of aromatic nitrogens is 2. The molecule has 0 saturated heterocycles. The lowest BCUT2D eigenvalue weighted by atomic mass is 10.2. The van der Waals surface area contributed by atoms with Crippen molar-refractivity contribution in [1.82, 2.24) is 9.55 Å². The number of benzene rings is 2. The smallest absolute Gasteiger partial charge is 0.406 e. The molecule has 0 aliphatic carbocycles. The molecule has 0 unspecified atom stereocenters. The Morgan fingerprint density at radius 3 is 2.53 bits per heavy atom. The molecular weight excluding hydrogens is 420 g/mol. The molecule has 0 atom stereocenters. The van der Waals surface area contributed by atoms with Crippen LogP contribution in [0.1, 0.15) is 19.7 Å². The molecule has 160 valence electrons. The number of anilines is 2. The number of ether oxygens (including phenoxy) is 1. The van der Waals surface area contributed by atoms with Crippen molar-refractivity contribution in [2.75, 3.05) is 10.6 Å². The van der Waals surface area contributed by atoms with Gasteiger partial charge in [-0.2, -0.15) is 13.2 Å². The molecule has 0 fully saturated rings. The molecule has 0 aliphatic heterocycles. The topological polar surface area (TPSA) is 51.1 Å². The molecular formula is C20H20F4N4OS. The summed E-state index contributed by atoms with van der Waals surface area (Å²) in [7, 11) is 0. The maximum absolute atomic E-state index is 13.7. The van der Waals surface area contributed by atoms with E-state index in [9.17, 15) is 17.6 Å². The highest BCUT2D eigenvalue weighted by molar-refractivity contribution is 7.80. The molecule has 1 aromatic heterocycles. The Morgan fingerprint density at radius 2 is 1.87 bits per heavy atom. The Morgan fingerprint density at radius 1 is 1.17 bits per heavy atom. The third kappa shape index (κ3) is 5.18. The summed E-state index contributed by atoms with van der Waals surface area (Å²) in [6, 6.07) is 8.85. The number of rotatable bonds is 5. The van der Waals surface area contributed by atoms with E-state index in [1.54, 1.807) is 18.2 Å². The van der Waals surface area contributed by atoms with Crippen molar-refractivity contribution in [3.63, 3.8) is 0 Å². The predicted molar refractivity (Wildman–Crippen MR) is 113 cm³/mol. The lowest BCUT2D eigenvalue weighted by Gasteiger charge is -2.18. The highest BCUT2D eigenvalue weighted by Gasteiger charge is 2.30. The summed E-state index contributed by atoms with van der Waals surface area (Å²) >= 11 is 5.31.